The van der Waals surface area contributed by atoms with E-state index in [1.165, 1.54) is 0 Å². The lowest BCUT2D eigenvalue weighted by atomic mass is 10.1. The zero-order valence-electron chi connectivity index (χ0n) is 9.18. The van der Waals surface area contributed by atoms with Crippen LogP contribution in [0.3, 0.4) is 0 Å². The Balaban J connectivity index is 2.53. The first-order valence-corrected chi connectivity index (χ1v) is 5.30. The zero-order valence-corrected chi connectivity index (χ0v) is 9.18. The summed E-state index contributed by atoms with van der Waals surface area (Å²) in [5.74, 6) is 0.283. The van der Waals surface area contributed by atoms with E-state index in [0.29, 0.717) is 0 Å². The van der Waals surface area contributed by atoms with E-state index in [2.05, 4.69) is 11.7 Å². The van der Waals surface area contributed by atoms with Crippen molar-refractivity contribution < 1.29 is 17.9 Å². The lowest BCUT2D eigenvalue weighted by molar-refractivity contribution is -0.153. The van der Waals surface area contributed by atoms with Crippen LogP contribution in [0.25, 0.3) is 0 Å². The van der Waals surface area contributed by atoms with E-state index in [0.717, 1.165) is 24.8 Å². The molecule has 1 aromatic rings. The highest BCUT2D eigenvalue weighted by molar-refractivity contribution is 5.28. The second-order valence-corrected chi connectivity index (χ2v) is 3.65. The maximum Gasteiger partial charge on any atom is 0.422 e. The van der Waals surface area contributed by atoms with E-state index >= 15 is 0 Å². The van der Waals surface area contributed by atoms with Gasteiger partial charge in [0.2, 0.25) is 0 Å². The lowest BCUT2D eigenvalue weighted by Gasteiger charge is -2.10. The number of benzene rings is 1. The smallest absolute Gasteiger partial charge is 0.422 e. The van der Waals surface area contributed by atoms with Crippen molar-refractivity contribution in [3.63, 3.8) is 0 Å². The van der Waals surface area contributed by atoms with Crippen LogP contribution in [0.15, 0.2) is 24.3 Å². The number of hydrogen-bond donors (Lipinski definition) is 0. The molecule has 1 nitrogen and oxygen atoms in total. The third kappa shape index (κ3) is 5.05. The second-order valence-electron chi connectivity index (χ2n) is 3.65. The Morgan fingerprint density at radius 1 is 1.25 bits per heavy atom. The molecule has 1 aromatic carbocycles. The van der Waals surface area contributed by atoms with Crippen molar-refractivity contribution in [2.75, 3.05) is 6.61 Å². The van der Waals surface area contributed by atoms with Gasteiger partial charge in [0.05, 0.1) is 0 Å². The molecule has 0 saturated carbocycles. The molecule has 0 unspecified atom stereocenters. The van der Waals surface area contributed by atoms with E-state index < -0.39 is 12.8 Å². The van der Waals surface area contributed by atoms with Gasteiger partial charge in [0.1, 0.15) is 5.75 Å². The van der Waals surface area contributed by atoms with Gasteiger partial charge in [-0.2, -0.15) is 13.2 Å². The summed E-state index contributed by atoms with van der Waals surface area (Å²) >= 11 is 0. The molecule has 0 N–H and O–H groups in total. The number of hydrogen-bond acceptors (Lipinski definition) is 1. The highest BCUT2D eigenvalue weighted by atomic mass is 19.4. The summed E-state index contributed by atoms with van der Waals surface area (Å²) in [6, 6.07) is 6.83. The summed E-state index contributed by atoms with van der Waals surface area (Å²) in [4.78, 5) is 0. The Kier molecular flexibility index (Phi) is 4.65. The van der Waals surface area contributed by atoms with Gasteiger partial charge in [-0.15, -0.1) is 0 Å². The van der Waals surface area contributed by atoms with E-state index in [1.807, 2.05) is 6.07 Å². The normalized spacial score (nSPS) is 11.5. The molecule has 90 valence electrons. The highest BCUT2D eigenvalue weighted by Crippen LogP contribution is 2.20. The molecule has 0 aliphatic carbocycles. The predicted molar refractivity (Wildman–Crippen MR) is 56.6 cm³/mol. The van der Waals surface area contributed by atoms with E-state index in [-0.39, 0.29) is 5.75 Å². The summed E-state index contributed by atoms with van der Waals surface area (Å²) in [6.07, 6.45) is -1.31. The first kappa shape index (κ1) is 12.9. The zero-order chi connectivity index (χ0) is 12.0. The average Bonchev–Trinajstić information content (AvgIpc) is 2.23. The Morgan fingerprint density at radius 3 is 2.62 bits per heavy atom. The first-order chi connectivity index (χ1) is 7.51. The van der Waals surface area contributed by atoms with Gasteiger partial charge in [0.25, 0.3) is 0 Å². The minimum Gasteiger partial charge on any atom is -0.484 e. The van der Waals surface area contributed by atoms with Crippen molar-refractivity contribution >= 4 is 0 Å². The van der Waals surface area contributed by atoms with Gasteiger partial charge in [0.15, 0.2) is 6.61 Å². The summed E-state index contributed by atoms with van der Waals surface area (Å²) < 4.78 is 40.4. The van der Waals surface area contributed by atoms with Crippen molar-refractivity contribution in [1.82, 2.24) is 0 Å². The standard InChI is InChI=1S/C12H15F3O/c1-2-3-5-10-6-4-7-11(8-10)16-9-12(13,14)15/h4,6-8H,2-3,5,9H2,1H3. The van der Waals surface area contributed by atoms with Gasteiger partial charge in [-0.25, -0.2) is 0 Å². The maximum absolute atomic E-state index is 11.9. The van der Waals surface area contributed by atoms with Gasteiger partial charge in [-0.3, -0.25) is 0 Å². The van der Waals surface area contributed by atoms with Crippen LogP contribution in [0.5, 0.6) is 5.75 Å². The molecule has 0 heterocycles. The fourth-order valence-electron chi connectivity index (χ4n) is 1.34. The second kappa shape index (κ2) is 5.77. The molecule has 0 bridgehead atoms. The number of halogens is 3. The molecule has 0 aliphatic heterocycles. The minimum atomic E-state index is -4.28. The highest BCUT2D eigenvalue weighted by Gasteiger charge is 2.28. The number of ether oxygens (including phenoxy) is 1. The third-order valence-corrected chi connectivity index (χ3v) is 2.12. The minimum absolute atomic E-state index is 0.283. The number of aryl methyl sites for hydroxylation is 1. The molecule has 16 heavy (non-hydrogen) atoms. The van der Waals surface area contributed by atoms with Gasteiger partial charge in [0, 0.05) is 0 Å². The molecule has 0 amide bonds. The fourth-order valence-corrected chi connectivity index (χ4v) is 1.34. The van der Waals surface area contributed by atoms with Crippen molar-refractivity contribution in [3.8, 4) is 5.75 Å². The van der Waals surface area contributed by atoms with Crippen LogP contribution < -0.4 is 4.74 Å². The van der Waals surface area contributed by atoms with Crippen LogP contribution in [0.1, 0.15) is 25.3 Å². The molecular weight excluding hydrogens is 217 g/mol. The van der Waals surface area contributed by atoms with Gasteiger partial charge >= 0.3 is 6.18 Å². The van der Waals surface area contributed by atoms with Crippen LogP contribution in [-0.4, -0.2) is 12.8 Å². The molecule has 0 fully saturated rings. The van der Waals surface area contributed by atoms with Crippen LogP contribution in [0.4, 0.5) is 13.2 Å². The van der Waals surface area contributed by atoms with E-state index in [1.54, 1.807) is 18.2 Å². The molecular formula is C12H15F3O. The first-order valence-electron chi connectivity index (χ1n) is 5.30. The largest absolute Gasteiger partial charge is 0.484 e. The van der Waals surface area contributed by atoms with Gasteiger partial charge in [-0.05, 0) is 30.5 Å². The molecule has 0 spiro atoms. The van der Waals surface area contributed by atoms with Crippen molar-refractivity contribution in [3.05, 3.63) is 29.8 Å². The van der Waals surface area contributed by atoms with Crippen molar-refractivity contribution in [2.45, 2.75) is 32.4 Å². The summed E-state index contributed by atoms with van der Waals surface area (Å²) in [5, 5.41) is 0. The molecule has 4 heteroatoms. The molecule has 0 aliphatic rings. The molecule has 0 aromatic heterocycles. The lowest BCUT2D eigenvalue weighted by Crippen LogP contribution is -2.19. The maximum atomic E-state index is 11.9. The predicted octanol–water partition coefficient (Wildman–Crippen LogP) is 3.97. The SMILES string of the molecule is CCCCc1cccc(OCC(F)(F)F)c1. The van der Waals surface area contributed by atoms with Crippen molar-refractivity contribution in [2.24, 2.45) is 0 Å². The number of unbranched alkanes of at least 4 members (excludes halogenated alkanes) is 1. The van der Waals surface area contributed by atoms with Gasteiger partial charge < -0.3 is 4.74 Å². The summed E-state index contributed by atoms with van der Waals surface area (Å²) in [6.45, 7) is 0.842. The van der Waals surface area contributed by atoms with Crippen LogP contribution >= 0.6 is 0 Å². The quantitative estimate of drug-likeness (QED) is 0.746. The Bertz CT molecular complexity index is 320. The molecule has 0 saturated heterocycles. The van der Waals surface area contributed by atoms with Crippen molar-refractivity contribution in [1.29, 1.82) is 0 Å². The summed E-state index contributed by atoms with van der Waals surface area (Å²) in [7, 11) is 0. The monoisotopic (exact) mass is 232 g/mol. The van der Waals surface area contributed by atoms with E-state index in [4.69, 9.17) is 0 Å². The Labute approximate surface area is 93.2 Å². The van der Waals surface area contributed by atoms with Gasteiger partial charge in [-0.1, -0.05) is 25.5 Å². The molecule has 0 radical (unpaired) electrons. The van der Waals surface area contributed by atoms with Crippen LogP contribution in [0, 0.1) is 0 Å². The summed E-state index contributed by atoms with van der Waals surface area (Å²) in [5.41, 5.74) is 1.02. The Morgan fingerprint density at radius 2 is 2.00 bits per heavy atom. The van der Waals surface area contributed by atoms with E-state index in [9.17, 15) is 13.2 Å². The van der Waals surface area contributed by atoms with Crippen LogP contribution in [0.2, 0.25) is 0 Å². The molecule has 1 rings (SSSR count). The third-order valence-electron chi connectivity index (χ3n) is 2.12. The fraction of sp³-hybridized carbons (Fsp3) is 0.500. The topological polar surface area (TPSA) is 9.23 Å². The average molecular weight is 232 g/mol. The number of alkyl halides is 3. The van der Waals surface area contributed by atoms with Crippen LogP contribution in [-0.2, 0) is 6.42 Å². The molecule has 0 atom stereocenters. The number of rotatable bonds is 5. The Hall–Kier alpha value is -1.19.